The number of hydrogen-bond acceptors (Lipinski definition) is 2. The van der Waals surface area contributed by atoms with E-state index in [1.54, 1.807) is 0 Å². The normalized spacial score (nSPS) is 22.3. The molecular formula is C11H14BrNO. The first-order valence-electron chi connectivity index (χ1n) is 4.84. The average Bonchev–Trinajstić information content (AvgIpc) is 2.23. The van der Waals surface area contributed by atoms with E-state index >= 15 is 0 Å². The number of hydrogen-bond donors (Lipinski definition) is 1. The number of benzene rings is 1. The van der Waals surface area contributed by atoms with Crippen LogP contribution in [0, 0.1) is 6.92 Å². The summed E-state index contributed by atoms with van der Waals surface area (Å²) in [5.41, 5.74) is 2.56. The zero-order chi connectivity index (χ0) is 9.97. The van der Waals surface area contributed by atoms with Gasteiger partial charge in [0.2, 0.25) is 0 Å². The second kappa shape index (κ2) is 4.43. The Morgan fingerprint density at radius 3 is 3.00 bits per heavy atom. The average molecular weight is 256 g/mol. The van der Waals surface area contributed by atoms with Gasteiger partial charge in [-0.2, -0.15) is 0 Å². The Morgan fingerprint density at radius 2 is 2.36 bits per heavy atom. The highest BCUT2D eigenvalue weighted by atomic mass is 79.9. The Bertz CT molecular complexity index is 321. The van der Waals surface area contributed by atoms with Crippen molar-refractivity contribution in [2.75, 3.05) is 19.8 Å². The molecule has 0 saturated carbocycles. The van der Waals surface area contributed by atoms with Crippen molar-refractivity contribution in [2.45, 2.75) is 13.0 Å². The van der Waals surface area contributed by atoms with Gasteiger partial charge in [-0.25, -0.2) is 0 Å². The summed E-state index contributed by atoms with van der Waals surface area (Å²) >= 11 is 3.54. The van der Waals surface area contributed by atoms with Crippen molar-refractivity contribution in [2.24, 2.45) is 0 Å². The standard InChI is InChI=1S/C11H14BrNO/c1-8-2-3-9(6-10(8)12)11-7-14-5-4-13-11/h2-3,6,11,13H,4-5,7H2,1H3/t11-/m0/s1. The minimum absolute atomic E-state index is 0.348. The zero-order valence-corrected chi connectivity index (χ0v) is 9.80. The fraction of sp³-hybridized carbons (Fsp3) is 0.455. The molecule has 76 valence electrons. The van der Waals surface area contributed by atoms with Gasteiger partial charge in [0.05, 0.1) is 19.3 Å². The highest BCUT2D eigenvalue weighted by molar-refractivity contribution is 9.10. The summed E-state index contributed by atoms with van der Waals surface area (Å²) in [6.45, 7) is 4.63. The van der Waals surface area contributed by atoms with Crippen molar-refractivity contribution in [3.05, 3.63) is 33.8 Å². The van der Waals surface area contributed by atoms with Crippen LogP contribution >= 0.6 is 15.9 Å². The molecule has 1 fully saturated rings. The highest BCUT2D eigenvalue weighted by Gasteiger charge is 2.15. The summed E-state index contributed by atoms with van der Waals surface area (Å²) in [5.74, 6) is 0. The van der Waals surface area contributed by atoms with Gasteiger partial charge in [-0.15, -0.1) is 0 Å². The molecular weight excluding hydrogens is 242 g/mol. The van der Waals surface area contributed by atoms with E-state index in [0.717, 1.165) is 19.8 Å². The molecule has 3 heteroatoms. The summed E-state index contributed by atoms with van der Waals surface area (Å²) in [6.07, 6.45) is 0. The van der Waals surface area contributed by atoms with E-state index in [-0.39, 0.29) is 0 Å². The molecule has 0 bridgehead atoms. The van der Waals surface area contributed by atoms with Gasteiger partial charge < -0.3 is 10.1 Å². The predicted octanol–water partition coefficient (Wildman–Crippen LogP) is 2.42. The number of halogens is 1. The molecule has 2 nitrogen and oxygen atoms in total. The second-order valence-corrected chi connectivity index (χ2v) is 4.44. The molecule has 0 amide bonds. The van der Waals surface area contributed by atoms with Crippen LogP contribution in [0.5, 0.6) is 0 Å². The molecule has 1 atom stereocenters. The van der Waals surface area contributed by atoms with Crippen LogP contribution in [0.1, 0.15) is 17.2 Å². The summed E-state index contributed by atoms with van der Waals surface area (Å²) in [7, 11) is 0. The number of rotatable bonds is 1. The van der Waals surface area contributed by atoms with E-state index in [1.165, 1.54) is 15.6 Å². The van der Waals surface area contributed by atoms with E-state index in [4.69, 9.17) is 4.74 Å². The molecule has 0 unspecified atom stereocenters. The number of ether oxygens (including phenoxy) is 1. The molecule has 14 heavy (non-hydrogen) atoms. The third-order valence-corrected chi connectivity index (χ3v) is 3.37. The molecule has 1 saturated heterocycles. The molecule has 0 spiro atoms. The van der Waals surface area contributed by atoms with Crippen LogP contribution in [0.4, 0.5) is 0 Å². The molecule has 1 aromatic carbocycles. The fourth-order valence-electron chi connectivity index (χ4n) is 1.61. The monoisotopic (exact) mass is 255 g/mol. The molecule has 1 N–H and O–H groups in total. The van der Waals surface area contributed by atoms with Crippen LogP contribution in [0.15, 0.2) is 22.7 Å². The Hall–Kier alpha value is -0.380. The van der Waals surface area contributed by atoms with Gasteiger partial charge in [0.1, 0.15) is 0 Å². The summed E-state index contributed by atoms with van der Waals surface area (Å²) < 4.78 is 6.60. The van der Waals surface area contributed by atoms with Crippen molar-refractivity contribution >= 4 is 15.9 Å². The third-order valence-electron chi connectivity index (χ3n) is 2.52. The number of aryl methyl sites for hydroxylation is 1. The van der Waals surface area contributed by atoms with Gasteiger partial charge in [-0.1, -0.05) is 28.1 Å². The van der Waals surface area contributed by atoms with Crippen LogP contribution in [0.2, 0.25) is 0 Å². The van der Waals surface area contributed by atoms with Crippen molar-refractivity contribution in [1.29, 1.82) is 0 Å². The van der Waals surface area contributed by atoms with E-state index in [0.29, 0.717) is 6.04 Å². The van der Waals surface area contributed by atoms with Crippen LogP contribution < -0.4 is 5.32 Å². The lowest BCUT2D eigenvalue weighted by molar-refractivity contribution is 0.0768. The maximum atomic E-state index is 5.43. The quantitative estimate of drug-likeness (QED) is 0.833. The van der Waals surface area contributed by atoms with Crippen LogP contribution in [-0.4, -0.2) is 19.8 Å². The predicted molar refractivity (Wildman–Crippen MR) is 60.4 cm³/mol. The zero-order valence-electron chi connectivity index (χ0n) is 8.22. The van der Waals surface area contributed by atoms with E-state index < -0.39 is 0 Å². The fourth-order valence-corrected chi connectivity index (χ4v) is 2.00. The molecule has 1 aliphatic rings. The Kier molecular flexibility index (Phi) is 3.21. The second-order valence-electron chi connectivity index (χ2n) is 3.59. The van der Waals surface area contributed by atoms with E-state index in [1.807, 2.05) is 0 Å². The van der Waals surface area contributed by atoms with Crippen LogP contribution in [-0.2, 0) is 4.74 Å². The van der Waals surface area contributed by atoms with E-state index in [9.17, 15) is 0 Å². The highest BCUT2D eigenvalue weighted by Crippen LogP contribution is 2.22. The van der Waals surface area contributed by atoms with Crippen molar-refractivity contribution in [1.82, 2.24) is 5.32 Å². The smallest absolute Gasteiger partial charge is 0.0662 e. The lowest BCUT2D eigenvalue weighted by atomic mass is 10.1. The first-order valence-corrected chi connectivity index (χ1v) is 5.64. The maximum Gasteiger partial charge on any atom is 0.0662 e. The van der Waals surface area contributed by atoms with Crippen molar-refractivity contribution in [3.8, 4) is 0 Å². The Balaban J connectivity index is 2.18. The third kappa shape index (κ3) is 2.16. The lowest BCUT2D eigenvalue weighted by Gasteiger charge is -2.24. The SMILES string of the molecule is Cc1ccc([C@@H]2COCCN2)cc1Br. The molecule has 0 radical (unpaired) electrons. The molecule has 1 heterocycles. The molecule has 1 aromatic rings. The van der Waals surface area contributed by atoms with Gasteiger partial charge >= 0.3 is 0 Å². The van der Waals surface area contributed by atoms with Gasteiger partial charge in [0.25, 0.3) is 0 Å². The Morgan fingerprint density at radius 1 is 1.50 bits per heavy atom. The molecule has 1 aliphatic heterocycles. The molecule has 2 rings (SSSR count). The van der Waals surface area contributed by atoms with Gasteiger partial charge in [-0.3, -0.25) is 0 Å². The summed E-state index contributed by atoms with van der Waals surface area (Å²) in [6, 6.07) is 6.81. The lowest BCUT2D eigenvalue weighted by Crippen LogP contribution is -2.34. The minimum Gasteiger partial charge on any atom is -0.378 e. The first kappa shape index (κ1) is 10.1. The largest absolute Gasteiger partial charge is 0.378 e. The van der Waals surface area contributed by atoms with Gasteiger partial charge in [0, 0.05) is 11.0 Å². The molecule has 0 aromatic heterocycles. The number of morpholine rings is 1. The van der Waals surface area contributed by atoms with Crippen LogP contribution in [0.3, 0.4) is 0 Å². The maximum absolute atomic E-state index is 5.43. The summed E-state index contributed by atoms with van der Waals surface area (Å²) in [5, 5.41) is 3.44. The number of nitrogens with one attached hydrogen (secondary N) is 1. The van der Waals surface area contributed by atoms with Crippen molar-refractivity contribution in [3.63, 3.8) is 0 Å². The van der Waals surface area contributed by atoms with Gasteiger partial charge in [0.15, 0.2) is 0 Å². The van der Waals surface area contributed by atoms with Crippen molar-refractivity contribution < 1.29 is 4.74 Å². The van der Waals surface area contributed by atoms with Crippen LogP contribution in [0.25, 0.3) is 0 Å². The summed E-state index contributed by atoms with van der Waals surface area (Å²) in [4.78, 5) is 0. The molecule has 0 aliphatic carbocycles. The van der Waals surface area contributed by atoms with Gasteiger partial charge in [-0.05, 0) is 24.1 Å². The topological polar surface area (TPSA) is 21.3 Å². The Labute approximate surface area is 92.8 Å². The minimum atomic E-state index is 0.348. The first-order chi connectivity index (χ1) is 6.77. The van der Waals surface area contributed by atoms with E-state index in [2.05, 4.69) is 46.4 Å².